The summed E-state index contributed by atoms with van der Waals surface area (Å²) in [6.45, 7) is 1.78. The van der Waals surface area contributed by atoms with Crippen LogP contribution in [0.1, 0.15) is 17.4 Å². The first-order chi connectivity index (χ1) is 11.2. The lowest BCUT2D eigenvalue weighted by molar-refractivity contribution is -0.0435. The van der Waals surface area contributed by atoms with E-state index in [9.17, 15) is 26.4 Å². The number of para-hydroxylation sites is 1. The molecule has 2 aromatic rings. The first-order valence-electron chi connectivity index (χ1n) is 6.69. The number of hydrogen-bond donors (Lipinski definition) is 2. The zero-order valence-corrected chi connectivity index (χ0v) is 13.2. The summed E-state index contributed by atoms with van der Waals surface area (Å²) in [5.41, 5.74) is -5.39. The standard InChI is InChI=1S/C14H13F3N2O4S/c1-2-23-13(20)11-7-9(8-18-11)19-10-5-3-4-6-12(10)24(21,22)14(15,16)17/h3-8,18-19H,2H2,1H3. The Morgan fingerprint density at radius 3 is 2.58 bits per heavy atom. The molecular formula is C14H13F3N2O4S. The van der Waals surface area contributed by atoms with Crippen molar-refractivity contribution in [3.8, 4) is 0 Å². The second-order valence-electron chi connectivity index (χ2n) is 4.59. The molecule has 1 aromatic heterocycles. The normalized spacial score (nSPS) is 12.0. The third-order valence-electron chi connectivity index (χ3n) is 2.94. The number of anilines is 2. The van der Waals surface area contributed by atoms with Crippen LogP contribution in [0, 0.1) is 0 Å². The summed E-state index contributed by atoms with van der Waals surface area (Å²) < 4.78 is 66.3. The highest BCUT2D eigenvalue weighted by molar-refractivity contribution is 7.92. The predicted molar refractivity (Wildman–Crippen MR) is 79.7 cm³/mol. The maximum Gasteiger partial charge on any atom is 0.501 e. The second-order valence-corrected chi connectivity index (χ2v) is 6.50. The molecule has 0 aliphatic rings. The molecule has 1 aromatic carbocycles. The summed E-state index contributed by atoms with van der Waals surface area (Å²) in [4.78, 5) is 13.2. The highest BCUT2D eigenvalue weighted by Crippen LogP contribution is 2.35. The van der Waals surface area contributed by atoms with Crippen molar-refractivity contribution in [3.63, 3.8) is 0 Å². The zero-order chi connectivity index (χ0) is 18.0. The molecule has 0 amide bonds. The average molecular weight is 362 g/mol. The van der Waals surface area contributed by atoms with Crippen LogP contribution in [-0.4, -0.2) is 31.5 Å². The lowest BCUT2D eigenvalue weighted by Gasteiger charge is -2.13. The van der Waals surface area contributed by atoms with Crippen molar-refractivity contribution in [3.05, 3.63) is 42.2 Å². The van der Waals surface area contributed by atoms with Gasteiger partial charge in [-0.2, -0.15) is 13.2 Å². The van der Waals surface area contributed by atoms with E-state index < -0.39 is 26.2 Å². The maximum atomic E-state index is 12.7. The average Bonchev–Trinajstić information content (AvgIpc) is 2.95. The number of halogens is 3. The smallest absolute Gasteiger partial charge is 0.461 e. The van der Waals surface area contributed by atoms with Crippen LogP contribution in [0.5, 0.6) is 0 Å². The predicted octanol–water partition coefficient (Wildman–Crippen LogP) is 3.23. The third kappa shape index (κ3) is 3.53. The van der Waals surface area contributed by atoms with E-state index >= 15 is 0 Å². The monoisotopic (exact) mass is 362 g/mol. The molecule has 24 heavy (non-hydrogen) atoms. The number of ether oxygens (including phenoxy) is 1. The van der Waals surface area contributed by atoms with E-state index in [1.54, 1.807) is 6.92 Å². The molecule has 6 nitrogen and oxygen atoms in total. The van der Waals surface area contributed by atoms with Crippen LogP contribution in [0.25, 0.3) is 0 Å². The summed E-state index contributed by atoms with van der Waals surface area (Å²) in [6.07, 6.45) is 1.31. The Labute approximate surface area is 135 Å². The molecule has 0 spiro atoms. The van der Waals surface area contributed by atoms with Crippen molar-refractivity contribution in [2.24, 2.45) is 0 Å². The van der Waals surface area contributed by atoms with E-state index in [1.165, 1.54) is 30.5 Å². The fourth-order valence-corrected chi connectivity index (χ4v) is 2.79. The zero-order valence-electron chi connectivity index (χ0n) is 12.3. The number of hydrogen-bond acceptors (Lipinski definition) is 5. The third-order valence-corrected chi connectivity index (χ3v) is 4.48. The summed E-state index contributed by atoms with van der Waals surface area (Å²) >= 11 is 0. The number of sulfone groups is 1. The first-order valence-corrected chi connectivity index (χ1v) is 8.18. The summed E-state index contributed by atoms with van der Waals surface area (Å²) in [5, 5.41) is 2.55. The van der Waals surface area contributed by atoms with E-state index in [2.05, 4.69) is 10.3 Å². The number of rotatable bonds is 5. The van der Waals surface area contributed by atoms with Crippen molar-refractivity contribution in [2.75, 3.05) is 11.9 Å². The van der Waals surface area contributed by atoms with Crippen LogP contribution in [0.2, 0.25) is 0 Å². The molecule has 1 heterocycles. The lowest BCUT2D eigenvalue weighted by atomic mass is 10.3. The largest absolute Gasteiger partial charge is 0.501 e. The van der Waals surface area contributed by atoms with E-state index in [4.69, 9.17) is 4.74 Å². The highest BCUT2D eigenvalue weighted by Gasteiger charge is 2.47. The molecule has 0 aliphatic carbocycles. The summed E-state index contributed by atoms with van der Waals surface area (Å²) in [6, 6.07) is 5.91. The van der Waals surface area contributed by atoms with E-state index in [0.29, 0.717) is 0 Å². The molecule has 2 N–H and O–H groups in total. The molecule has 0 radical (unpaired) electrons. The van der Waals surface area contributed by atoms with Gasteiger partial charge in [-0.1, -0.05) is 12.1 Å². The Kier molecular flexibility index (Phi) is 4.88. The highest BCUT2D eigenvalue weighted by atomic mass is 32.2. The van der Waals surface area contributed by atoms with E-state index in [-0.39, 0.29) is 23.7 Å². The van der Waals surface area contributed by atoms with Crippen LogP contribution in [0.3, 0.4) is 0 Å². The van der Waals surface area contributed by atoms with Crippen molar-refractivity contribution < 1.29 is 31.1 Å². The number of carbonyl (C=O) groups excluding carboxylic acids is 1. The molecule has 10 heteroatoms. The Bertz CT molecular complexity index is 844. The number of H-pyrrole nitrogens is 1. The van der Waals surface area contributed by atoms with Crippen molar-refractivity contribution in [1.82, 2.24) is 4.98 Å². The summed E-state index contributed by atoms with van der Waals surface area (Å²) in [5.74, 6) is -0.637. The van der Waals surface area contributed by atoms with Gasteiger partial charge in [0.15, 0.2) is 0 Å². The van der Waals surface area contributed by atoms with Gasteiger partial charge in [0, 0.05) is 6.20 Å². The number of nitrogens with one attached hydrogen (secondary N) is 2. The minimum absolute atomic E-state index is 0.0792. The fourth-order valence-electron chi connectivity index (χ4n) is 1.88. The van der Waals surface area contributed by atoms with Crippen LogP contribution < -0.4 is 5.32 Å². The number of aromatic nitrogens is 1. The topological polar surface area (TPSA) is 88.3 Å². The van der Waals surface area contributed by atoms with Gasteiger partial charge in [0.1, 0.15) is 5.69 Å². The SMILES string of the molecule is CCOC(=O)c1cc(Nc2ccccc2S(=O)(=O)C(F)(F)F)c[nH]1. The van der Waals surface area contributed by atoms with Gasteiger partial charge in [-0.15, -0.1) is 0 Å². The van der Waals surface area contributed by atoms with E-state index in [0.717, 1.165) is 6.07 Å². The van der Waals surface area contributed by atoms with Crippen molar-refractivity contribution >= 4 is 27.2 Å². The Balaban J connectivity index is 2.34. The molecule has 0 unspecified atom stereocenters. The number of aromatic amines is 1. The van der Waals surface area contributed by atoms with Gasteiger partial charge in [0.2, 0.25) is 0 Å². The molecular weight excluding hydrogens is 349 g/mol. The molecule has 0 atom stereocenters. The minimum Gasteiger partial charge on any atom is -0.461 e. The van der Waals surface area contributed by atoms with Gasteiger partial charge in [0.25, 0.3) is 9.84 Å². The van der Waals surface area contributed by atoms with E-state index in [1.807, 2.05) is 0 Å². The fraction of sp³-hybridized carbons (Fsp3) is 0.214. The second kappa shape index (κ2) is 6.56. The number of esters is 1. The number of benzene rings is 1. The molecule has 0 aliphatic heterocycles. The molecule has 2 rings (SSSR count). The van der Waals surface area contributed by atoms with Crippen molar-refractivity contribution in [1.29, 1.82) is 0 Å². The lowest BCUT2D eigenvalue weighted by Crippen LogP contribution is -2.24. The maximum absolute atomic E-state index is 12.7. The first kappa shape index (κ1) is 17.9. The Hall–Kier alpha value is -2.49. The minimum atomic E-state index is -5.51. The van der Waals surface area contributed by atoms with Gasteiger partial charge >= 0.3 is 11.5 Å². The number of alkyl halides is 3. The Morgan fingerprint density at radius 2 is 1.96 bits per heavy atom. The molecule has 130 valence electrons. The van der Waals surface area contributed by atoms with Crippen LogP contribution in [0.15, 0.2) is 41.4 Å². The van der Waals surface area contributed by atoms with Gasteiger partial charge in [-0.3, -0.25) is 0 Å². The van der Waals surface area contributed by atoms with Gasteiger partial charge in [-0.05, 0) is 25.1 Å². The van der Waals surface area contributed by atoms with Gasteiger partial charge in [0.05, 0.1) is 22.9 Å². The van der Waals surface area contributed by atoms with Crippen LogP contribution in [0.4, 0.5) is 24.5 Å². The molecule has 0 saturated carbocycles. The Morgan fingerprint density at radius 1 is 1.29 bits per heavy atom. The van der Waals surface area contributed by atoms with Crippen LogP contribution in [-0.2, 0) is 14.6 Å². The number of carbonyl (C=O) groups is 1. The quantitative estimate of drug-likeness (QED) is 0.798. The van der Waals surface area contributed by atoms with Crippen LogP contribution >= 0.6 is 0 Å². The molecule has 0 saturated heterocycles. The van der Waals surface area contributed by atoms with Gasteiger partial charge in [-0.25, -0.2) is 13.2 Å². The molecule has 0 bridgehead atoms. The summed E-state index contributed by atoms with van der Waals surface area (Å²) in [7, 11) is -5.51. The molecule has 0 fully saturated rings. The van der Waals surface area contributed by atoms with Gasteiger partial charge < -0.3 is 15.0 Å². The van der Waals surface area contributed by atoms with Crippen molar-refractivity contribution in [2.45, 2.75) is 17.3 Å².